The van der Waals surface area contributed by atoms with Crippen LogP contribution in [0, 0.1) is 5.92 Å². The third kappa shape index (κ3) is 9.65. The summed E-state index contributed by atoms with van der Waals surface area (Å²) in [4.78, 5) is 66.2. The van der Waals surface area contributed by atoms with Gasteiger partial charge in [0.1, 0.15) is 23.9 Å². The number of likely N-dealkylation sites (tertiary alicyclic amines) is 1. The van der Waals surface area contributed by atoms with Crippen molar-refractivity contribution in [2.45, 2.75) is 84.3 Å². The molecule has 1 aliphatic heterocycles. The van der Waals surface area contributed by atoms with Crippen molar-refractivity contribution in [3.63, 3.8) is 0 Å². The molecule has 0 saturated carbocycles. The molecular formula is C35H44N4O8. The van der Waals surface area contributed by atoms with E-state index in [4.69, 9.17) is 19.0 Å². The van der Waals surface area contributed by atoms with Crippen LogP contribution in [0.25, 0.3) is 10.9 Å². The average Bonchev–Trinajstić information content (AvgIpc) is 2.99. The zero-order valence-electron chi connectivity index (χ0n) is 28.0. The highest BCUT2D eigenvalue weighted by Crippen LogP contribution is 2.34. The highest BCUT2D eigenvalue weighted by molar-refractivity contribution is 6.03. The van der Waals surface area contributed by atoms with E-state index in [9.17, 15) is 19.2 Å². The van der Waals surface area contributed by atoms with Crippen molar-refractivity contribution < 1.29 is 38.2 Å². The number of piperidine rings is 1. The van der Waals surface area contributed by atoms with Crippen molar-refractivity contribution in [3.05, 3.63) is 72.4 Å². The third-order valence-corrected chi connectivity index (χ3v) is 7.33. The van der Waals surface area contributed by atoms with Gasteiger partial charge in [-0.25, -0.2) is 9.59 Å². The molecule has 0 bridgehead atoms. The molecule has 2 heterocycles. The quantitative estimate of drug-likeness (QED) is 0.175. The molecule has 2 aromatic carbocycles. The number of anilines is 1. The van der Waals surface area contributed by atoms with Crippen LogP contribution < -0.4 is 5.32 Å². The fourth-order valence-electron chi connectivity index (χ4n) is 5.42. The Hall–Kier alpha value is -4.71. The molecule has 1 aliphatic rings. The fraction of sp³-hybridized carbons (Fsp3) is 0.457. The number of aromatic nitrogens is 1. The van der Waals surface area contributed by atoms with Crippen LogP contribution in [0.1, 0.15) is 59.9 Å². The first kappa shape index (κ1) is 35.1. The van der Waals surface area contributed by atoms with E-state index in [0.29, 0.717) is 11.2 Å². The van der Waals surface area contributed by atoms with Crippen LogP contribution >= 0.6 is 0 Å². The maximum Gasteiger partial charge on any atom is 0.434 e. The summed E-state index contributed by atoms with van der Waals surface area (Å²) in [5.74, 6) is -1.93. The number of para-hydroxylation sites is 1. The Morgan fingerprint density at radius 3 is 2.26 bits per heavy atom. The number of pyridine rings is 1. The van der Waals surface area contributed by atoms with Gasteiger partial charge in [0.05, 0.1) is 30.8 Å². The lowest BCUT2D eigenvalue weighted by atomic mass is 9.83. The normalized spacial score (nSPS) is 18.3. The summed E-state index contributed by atoms with van der Waals surface area (Å²) in [6.07, 6.45) is -0.0610. The maximum absolute atomic E-state index is 14.2. The summed E-state index contributed by atoms with van der Waals surface area (Å²) in [5, 5.41) is 4.84. The molecule has 3 aromatic rings. The van der Waals surface area contributed by atoms with Crippen molar-refractivity contribution in [2.24, 2.45) is 5.92 Å². The van der Waals surface area contributed by atoms with Crippen LogP contribution in [0.4, 0.5) is 15.3 Å². The van der Waals surface area contributed by atoms with E-state index in [1.54, 1.807) is 65.9 Å². The second kappa shape index (κ2) is 14.8. The van der Waals surface area contributed by atoms with Gasteiger partial charge in [-0.3, -0.25) is 24.3 Å². The number of fused-ring (bicyclic) bond motifs is 1. The van der Waals surface area contributed by atoms with Crippen LogP contribution in [-0.2, 0) is 35.2 Å². The molecule has 0 aliphatic carbocycles. The molecule has 4 rings (SSSR count). The third-order valence-electron chi connectivity index (χ3n) is 7.33. The molecule has 3 amide bonds. The molecule has 1 N–H and O–H groups in total. The molecule has 12 heteroatoms. The summed E-state index contributed by atoms with van der Waals surface area (Å²) in [5.41, 5.74) is 0.0454. The fourth-order valence-corrected chi connectivity index (χ4v) is 5.42. The number of nitrogens with zero attached hydrogens (tertiary/aromatic N) is 3. The van der Waals surface area contributed by atoms with Crippen LogP contribution in [0.15, 0.2) is 66.9 Å². The highest BCUT2D eigenvalue weighted by atomic mass is 16.7. The molecule has 0 spiro atoms. The predicted molar refractivity (Wildman–Crippen MR) is 175 cm³/mol. The van der Waals surface area contributed by atoms with E-state index in [1.165, 1.54) is 12.0 Å². The number of amides is 3. The second-order valence-corrected chi connectivity index (χ2v) is 13.4. The van der Waals surface area contributed by atoms with Crippen molar-refractivity contribution >= 4 is 40.7 Å². The molecule has 1 fully saturated rings. The van der Waals surface area contributed by atoms with Crippen molar-refractivity contribution in [1.82, 2.24) is 14.9 Å². The Morgan fingerprint density at radius 1 is 0.915 bits per heavy atom. The zero-order valence-corrected chi connectivity index (χ0v) is 28.0. The maximum atomic E-state index is 14.2. The SMILES string of the molecule is COC(=O)C[C@@H]1C[C@@H](N(OCc2ccccc2)C(=O)OC(C)(C)C)CN(C(=O)OC(C)(C)C)[C@@H]1C(=O)Nc1cccc2cccnc12. The molecular weight excluding hydrogens is 604 g/mol. The van der Waals surface area contributed by atoms with E-state index >= 15 is 0 Å². The first-order valence-corrected chi connectivity index (χ1v) is 15.6. The van der Waals surface area contributed by atoms with Gasteiger partial charge in [0, 0.05) is 24.0 Å². The summed E-state index contributed by atoms with van der Waals surface area (Å²) < 4.78 is 16.5. The minimum atomic E-state index is -1.17. The van der Waals surface area contributed by atoms with Gasteiger partial charge < -0.3 is 19.5 Å². The van der Waals surface area contributed by atoms with Crippen LogP contribution in [0.3, 0.4) is 0 Å². The molecule has 3 atom stereocenters. The number of hydrogen-bond donors (Lipinski definition) is 1. The largest absolute Gasteiger partial charge is 0.469 e. The van der Waals surface area contributed by atoms with Gasteiger partial charge >= 0.3 is 18.2 Å². The Bertz CT molecular complexity index is 1560. The number of hydrogen-bond acceptors (Lipinski definition) is 9. The molecule has 0 radical (unpaired) electrons. The minimum absolute atomic E-state index is 0.0304. The van der Waals surface area contributed by atoms with Gasteiger partial charge in [-0.05, 0) is 65.7 Å². The van der Waals surface area contributed by atoms with Crippen molar-refractivity contribution in [1.29, 1.82) is 0 Å². The standard InChI is InChI=1S/C35H44N4O8/c1-34(2,3)46-32(42)38-21-26(39(33(43)47-35(4,5)6)45-22-23-13-9-8-10-14-23)19-25(20-28(40)44-7)30(38)31(41)37-27-17-11-15-24-16-12-18-36-29(24)27/h8-18,25-26,30H,19-22H2,1-7H3,(H,37,41)/t25-,26+,30-/m0/s1. The summed E-state index contributed by atoms with van der Waals surface area (Å²) in [6.45, 7) is 10.2. The number of benzene rings is 2. The number of carbonyl (C=O) groups excluding carboxylic acids is 4. The number of methoxy groups -OCH3 is 1. The summed E-state index contributed by atoms with van der Waals surface area (Å²) in [6, 6.07) is 16.3. The Balaban J connectivity index is 1.74. The number of rotatable bonds is 8. The smallest absolute Gasteiger partial charge is 0.434 e. The van der Waals surface area contributed by atoms with Crippen LogP contribution in [-0.4, -0.2) is 76.0 Å². The van der Waals surface area contributed by atoms with Gasteiger partial charge in [0.25, 0.3) is 0 Å². The molecule has 252 valence electrons. The van der Waals surface area contributed by atoms with E-state index in [1.807, 2.05) is 42.5 Å². The lowest BCUT2D eigenvalue weighted by Crippen LogP contribution is -2.62. The van der Waals surface area contributed by atoms with Gasteiger partial charge in [-0.1, -0.05) is 48.5 Å². The number of esters is 1. The lowest BCUT2D eigenvalue weighted by Gasteiger charge is -2.46. The molecule has 1 aromatic heterocycles. The van der Waals surface area contributed by atoms with Gasteiger partial charge in [0.15, 0.2) is 0 Å². The number of nitrogens with one attached hydrogen (secondary N) is 1. The minimum Gasteiger partial charge on any atom is -0.469 e. The number of hydroxylamine groups is 2. The summed E-state index contributed by atoms with van der Waals surface area (Å²) in [7, 11) is 1.25. The monoisotopic (exact) mass is 648 g/mol. The number of carbonyl (C=O) groups is 4. The Morgan fingerprint density at radius 2 is 1.60 bits per heavy atom. The van der Waals surface area contributed by atoms with E-state index in [0.717, 1.165) is 16.0 Å². The zero-order chi connectivity index (χ0) is 34.4. The first-order valence-electron chi connectivity index (χ1n) is 15.6. The van der Waals surface area contributed by atoms with Gasteiger partial charge in [0.2, 0.25) is 5.91 Å². The van der Waals surface area contributed by atoms with Crippen molar-refractivity contribution in [3.8, 4) is 0 Å². The van der Waals surface area contributed by atoms with E-state index < -0.39 is 53.3 Å². The summed E-state index contributed by atoms with van der Waals surface area (Å²) >= 11 is 0. The number of ether oxygens (including phenoxy) is 3. The first-order chi connectivity index (χ1) is 22.1. The second-order valence-electron chi connectivity index (χ2n) is 13.4. The molecule has 1 saturated heterocycles. The molecule has 0 unspecified atom stereocenters. The Kier molecular flexibility index (Phi) is 11.1. The average molecular weight is 649 g/mol. The van der Waals surface area contributed by atoms with E-state index in [2.05, 4.69) is 10.3 Å². The van der Waals surface area contributed by atoms with Crippen LogP contribution in [0.5, 0.6) is 0 Å². The Labute approximate surface area is 275 Å². The lowest BCUT2D eigenvalue weighted by molar-refractivity contribution is -0.193. The van der Waals surface area contributed by atoms with Gasteiger partial charge in [-0.2, -0.15) is 5.06 Å². The van der Waals surface area contributed by atoms with Gasteiger partial charge in [-0.15, -0.1) is 0 Å². The van der Waals surface area contributed by atoms with Crippen molar-refractivity contribution in [2.75, 3.05) is 19.0 Å². The van der Waals surface area contributed by atoms with E-state index in [-0.39, 0.29) is 26.0 Å². The molecule has 12 nitrogen and oxygen atoms in total. The topological polar surface area (TPSA) is 137 Å². The molecule has 47 heavy (non-hydrogen) atoms. The predicted octanol–water partition coefficient (Wildman–Crippen LogP) is 6.10. The van der Waals surface area contributed by atoms with Crippen LogP contribution in [0.2, 0.25) is 0 Å². The highest BCUT2D eigenvalue weighted by Gasteiger charge is 2.48.